The van der Waals surface area contributed by atoms with Gasteiger partial charge < -0.3 is 14.2 Å². The second-order valence-electron chi connectivity index (χ2n) is 6.84. The van der Waals surface area contributed by atoms with Crippen LogP contribution in [0, 0.1) is 5.92 Å². The Kier molecular flexibility index (Phi) is 4.37. The largest absolute Gasteiger partial charge is 0.497 e. The Morgan fingerprint density at radius 1 is 1.23 bits per heavy atom. The molecule has 0 spiro atoms. The maximum atomic E-state index is 13.2. The number of methoxy groups -OCH3 is 1. The van der Waals surface area contributed by atoms with Crippen molar-refractivity contribution in [3.63, 3.8) is 0 Å². The molecule has 26 heavy (non-hydrogen) atoms. The number of aromatic nitrogens is 1. The van der Waals surface area contributed by atoms with Gasteiger partial charge in [0.2, 0.25) is 5.91 Å². The molecule has 1 heterocycles. The molecule has 0 N–H and O–H groups in total. The zero-order chi connectivity index (χ0) is 18.1. The Labute approximate surface area is 152 Å². The number of hydrogen-bond acceptors (Lipinski definition) is 4. The molecule has 5 nitrogen and oxygen atoms in total. The number of rotatable bonds is 6. The van der Waals surface area contributed by atoms with Gasteiger partial charge in [-0.25, -0.2) is 0 Å². The first-order valence-corrected chi connectivity index (χ1v) is 8.97. The molecule has 4 rings (SSSR count). The van der Waals surface area contributed by atoms with E-state index in [9.17, 15) is 4.79 Å². The number of carbonyl (C=O) groups is 1. The van der Waals surface area contributed by atoms with Gasteiger partial charge in [-0.3, -0.25) is 4.79 Å². The molecular formula is C21H22N2O3. The summed E-state index contributed by atoms with van der Waals surface area (Å²) in [7, 11) is 1.64. The van der Waals surface area contributed by atoms with Crippen LogP contribution in [0.15, 0.2) is 53.1 Å². The molecule has 1 amide bonds. The van der Waals surface area contributed by atoms with E-state index in [1.807, 2.05) is 53.4 Å². The quantitative estimate of drug-likeness (QED) is 0.668. The molecule has 1 saturated carbocycles. The highest BCUT2D eigenvalue weighted by atomic mass is 16.5. The van der Waals surface area contributed by atoms with E-state index in [1.165, 1.54) is 12.8 Å². The molecule has 3 aromatic rings. The number of carbonyl (C=O) groups excluding carboxylic acids is 1. The van der Waals surface area contributed by atoms with Crippen LogP contribution in [0.2, 0.25) is 0 Å². The Bertz CT molecular complexity index is 912. The molecule has 1 unspecified atom stereocenters. The summed E-state index contributed by atoms with van der Waals surface area (Å²) in [6, 6.07) is 15.5. The number of benzene rings is 2. The monoisotopic (exact) mass is 350 g/mol. The minimum Gasteiger partial charge on any atom is -0.497 e. The van der Waals surface area contributed by atoms with Crippen molar-refractivity contribution in [1.82, 2.24) is 5.16 Å². The summed E-state index contributed by atoms with van der Waals surface area (Å²) in [4.78, 5) is 15.1. The predicted molar refractivity (Wildman–Crippen MR) is 100 cm³/mol. The first-order valence-electron chi connectivity index (χ1n) is 8.97. The van der Waals surface area contributed by atoms with Gasteiger partial charge >= 0.3 is 0 Å². The van der Waals surface area contributed by atoms with Crippen molar-refractivity contribution in [2.45, 2.75) is 32.2 Å². The van der Waals surface area contributed by atoms with Crippen molar-refractivity contribution in [2.24, 2.45) is 5.92 Å². The second-order valence-corrected chi connectivity index (χ2v) is 6.84. The zero-order valence-electron chi connectivity index (χ0n) is 15.0. The van der Waals surface area contributed by atoms with E-state index in [0.29, 0.717) is 17.2 Å². The van der Waals surface area contributed by atoms with Crippen molar-refractivity contribution in [1.29, 1.82) is 0 Å². The van der Waals surface area contributed by atoms with E-state index in [-0.39, 0.29) is 18.4 Å². The average molecular weight is 350 g/mol. The van der Waals surface area contributed by atoms with Gasteiger partial charge in [0.15, 0.2) is 5.58 Å². The van der Waals surface area contributed by atoms with Crippen molar-refractivity contribution < 1.29 is 14.1 Å². The maximum Gasteiger partial charge on any atom is 0.233 e. The van der Waals surface area contributed by atoms with Gasteiger partial charge in [0, 0.05) is 17.1 Å². The lowest BCUT2D eigenvalue weighted by atomic mass is 10.1. The van der Waals surface area contributed by atoms with Crippen molar-refractivity contribution in [3.8, 4) is 5.75 Å². The third kappa shape index (κ3) is 3.17. The van der Waals surface area contributed by atoms with Gasteiger partial charge in [-0.1, -0.05) is 17.3 Å². The fourth-order valence-electron chi connectivity index (χ4n) is 3.43. The number of hydrogen-bond donors (Lipinski definition) is 0. The van der Waals surface area contributed by atoms with Crippen LogP contribution in [0.3, 0.4) is 0 Å². The standard InChI is InChI=1S/C21H22N2O3/c1-14(15-7-8-15)23(16-9-11-17(25-2)12-10-16)21(24)13-19-18-5-3-4-6-20(18)26-22-19/h3-6,9-12,14-15H,7-8,13H2,1-2H3. The summed E-state index contributed by atoms with van der Waals surface area (Å²) in [6.07, 6.45) is 2.57. The molecule has 0 aliphatic heterocycles. The Hall–Kier alpha value is -2.82. The van der Waals surface area contributed by atoms with Crippen molar-refractivity contribution >= 4 is 22.6 Å². The third-order valence-corrected chi connectivity index (χ3v) is 5.10. The highest BCUT2D eigenvalue weighted by Crippen LogP contribution is 2.37. The molecule has 1 aliphatic carbocycles. The summed E-state index contributed by atoms with van der Waals surface area (Å²) in [5.74, 6) is 1.38. The summed E-state index contributed by atoms with van der Waals surface area (Å²) in [5, 5.41) is 5.01. The molecule has 5 heteroatoms. The van der Waals surface area contributed by atoms with Gasteiger partial charge in [0.05, 0.1) is 13.5 Å². The smallest absolute Gasteiger partial charge is 0.233 e. The van der Waals surface area contributed by atoms with Crippen LogP contribution >= 0.6 is 0 Å². The molecule has 134 valence electrons. The Morgan fingerprint density at radius 3 is 2.65 bits per heavy atom. The third-order valence-electron chi connectivity index (χ3n) is 5.10. The number of fused-ring (bicyclic) bond motifs is 1. The molecule has 1 aliphatic rings. The maximum absolute atomic E-state index is 13.2. The molecular weight excluding hydrogens is 328 g/mol. The fourth-order valence-corrected chi connectivity index (χ4v) is 3.43. The van der Waals surface area contributed by atoms with E-state index in [2.05, 4.69) is 12.1 Å². The Balaban J connectivity index is 1.63. The van der Waals surface area contributed by atoms with E-state index in [4.69, 9.17) is 9.26 Å². The van der Waals surface area contributed by atoms with E-state index in [1.54, 1.807) is 7.11 Å². The molecule has 1 fully saturated rings. The number of amides is 1. The van der Waals surface area contributed by atoms with Gasteiger partial charge in [-0.15, -0.1) is 0 Å². The number of para-hydroxylation sites is 1. The summed E-state index contributed by atoms with van der Waals surface area (Å²) in [6.45, 7) is 2.13. The normalized spacial score (nSPS) is 15.0. The molecule has 2 aromatic carbocycles. The van der Waals surface area contributed by atoms with Gasteiger partial charge in [-0.2, -0.15) is 0 Å². The predicted octanol–water partition coefficient (Wildman–Crippen LogP) is 4.21. The highest BCUT2D eigenvalue weighted by molar-refractivity contribution is 5.97. The van der Waals surface area contributed by atoms with E-state index < -0.39 is 0 Å². The Morgan fingerprint density at radius 2 is 1.96 bits per heavy atom. The van der Waals surface area contributed by atoms with Gasteiger partial charge in [0.25, 0.3) is 0 Å². The number of anilines is 1. The minimum absolute atomic E-state index is 0.0358. The highest BCUT2D eigenvalue weighted by Gasteiger charge is 2.35. The topological polar surface area (TPSA) is 55.6 Å². The van der Waals surface area contributed by atoms with Crippen LogP contribution in [-0.4, -0.2) is 24.2 Å². The van der Waals surface area contributed by atoms with E-state index >= 15 is 0 Å². The summed E-state index contributed by atoms with van der Waals surface area (Å²) < 4.78 is 10.6. The molecule has 0 radical (unpaired) electrons. The van der Waals surface area contributed by atoms with Gasteiger partial charge in [-0.05, 0) is 62.1 Å². The number of ether oxygens (including phenoxy) is 1. The van der Waals surface area contributed by atoms with E-state index in [0.717, 1.165) is 16.8 Å². The lowest BCUT2D eigenvalue weighted by Crippen LogP contribution is -2.41. The average Bonchev–Trinajstić information content (AvgIpc) is 3.45. The van der Waals surface area contributed by atoms with Crippen LogP contribution in [0.5, 0.6) is 5.75 Å². The zero-order valence-corrected chi connectivity index (χ0v) is 15.0. The lowest BCUT2D eigenvalue weighted by molar-refractivity contribution is -0.118. The fraction of sp³-hybridized carbons (Fsp3) is 0.333. The summed E-state index contributed by atoms with van der Waals surface area (Å²) >= 11 is 0. The molecule has 0 bridgehead atoms. The minimum atomic E-state index is 0.0358. The van der Waals surface area contributed by atoms with Crippen LogP contribution < -0.4 is 9.64 Å². The van der Waals surface area contributed by atoms with Crippen LogP contribution in [-0.2, 0) is 11.2 Å². The molecule has 0 saturated heterocycles. The lowest BCUT2D eigenvalue weighted by Gasteiger charge is -2.29. The molecule has 1 atom stereocenters. The first-order chi connectivity index (χ1) is 12.7. The number of nitrogens with zero attached hydrogens (tertiary/aromatic N) is 2. The van der Waals surface area contributed by atoms with Crippen LogP contribution in [0.1, 0.15) is 25.5 Å². The van der Waals surface area contributed by atoms with Crippen LogP contribution in [0.25, 0.3) is 11.0 Å². The molecule has 1 aromatic heterocycles. The first kappa shape index (κ1) is 16.6. The van der Waals surface area contributed by atoms with Crippen molar-refractivity contribution in [3.05, 3.63) is 54.2 Å². The SMILES string of the molecule is COc1ccc(N(C(=O)Cc2noc3ccccc23)C(C)C2CC2)cc1. The van der Waals surface area contributed by atoms with Crippen molar-refractivity contribution in [2.75, 3.05) is 12.0 Å². The summed E-state index contributed by atoms with van der Waals surface area (Å²) in [5.41, 5.74) is 2.29. The van der Waals surface area contributed by atoms with Gasteiger partial charge in [0.1, 0.15) is 11.4 Å². The van der Waals surface area contributed by atoms with Crippen LogP contribution in [0.4, 0.5) is 5.69 Å². The second kappa shape index (κ2) is 6.83.